The van der Waals surface area contributed by atoms with Crippen molar-refractivity contribution in [2.24, 2.45) is 0 Å². The van der Waals surface area contributed by atoms with Gasteiger partial charge in [0, 0.05) is 12.4 Å². The number of amides is 1. The molecule has 1 amide bonds. The number of aromatic nitrogens is 4. The third kappa shape index (κ3) is 3.80. The van der Waals surface area contributed by atoms with E-state index in [9.17, 15) is 4.79 Å². The predicted molar refractivity (Wildman–Crippen MR) is 112 cm³/mol. The SMILES string of the molecule is Cc1ccccc1-n1ccnc1SCC(=O)NC(C)c1nc2ccccc2[nH]1. The van der Waals surface area contributed by atoms with E-state index in [1.807, 2.05) is 60.2 Å². The number of carbonyl (C=O) groups excluding carboxylic acids is 1. The molecule has 2 heterocycles. The molecule has 0 aliphatic carbocycles. The van der Waals surface area contributed by atoms with Crippen LogP contribution in [0.4, 0.5) is 0 Å². The van der Waals surface area contributed by atoms with E-state index in [0.29, 0.717) is 0 Å². The molecule has 0 aliphatic heterocycles. The maximum Gasteiger partial charge on any atom is 0.231 e. The van der Waals surface area contributed by atoms with Crippen molar-refractivity contribution >= 4 is 28.7 Å². The minimum atomic E-state index is -0.198. The summed E-state index contributed by atoms with van der Waals surface area (Å²) in [5, 5.41) is 3.79. The molecule has 2 aromatic heterocycles. The lowest BCUT2D eigenvalue weighted by atomic mass is 10.2. The van der Waals surface area contributed by atoms with Gasteiger partial charge in [-0.15, -0.1) is 0 Å². The molecular formula is C21H21N5OS. The number of rotatable bonds is 6. The van der Waals surface area contributed by atoms with Crippen molar-refractivity contribution in [3.8, 4) is 5.69 Å². The summed E-state index contributed by atoms with van der Waals surface area (Å²) in [6.07, 6.45) is 3.67. The number of imidazole rings is 2. The lowest BCUT2D eigenvalue weighted by Crippen LogP contribution is -2.29. The quantitative estimate of drug-likeness (QED) is 0.487. The van der Waals surface area contributed by atoms with E-state index >= 15 is 0 Å². The minimum absolute atomic E-state index is 0.0581. The molecule has 6 nitrogen and oxygen atoms in total. The molecular weight excluding hydrogens is 370 g/mol. The van der Waals surface area contributed by atoms with Crippen LogP contribution in [0.5, 0.6) is 0 Å². The Labute approximate surface area is 167 Å². The predicted octanol–water partition coefficient (Wildman–Crippen LogP) is 4.03. The van der Waals surface area contributed by atoms with Crippen molar-refractivity contribution in [3.05, 3.63) is 72.3 Å². The molecule has 0 saturated carbocycles. The van der Waals surface area contributed by atoms with Crippen molar-refractivity contribution in [1.29, 1.82) is 0 Å². The second-order valence-corrected chi connectivity index (χ2v) is 7.53. The van der Waals surface area contributed by atoms with Gasteiger partial charge in [0.1, 0.15) is 5.82 Å². The topological polar surface area (TPSA) is 75.6 Å². The lowest BCUT2D eigenvalue weighted by Gasteiger charge is -2.12. The molecule has 1 atom stereocenters. The molecule has 1 unspecified atom stereocenters. The van der Waals surface area contributed by atoms with Crippen LogP contribution >= 0.6 is 11.8 Å². The number of para-hydroxylation sites is 3. The van der Waals surface area contributed by atoms with Gasteiger partial charge in [0.25, 0.3) is 0 Å². The largest absolute Gasteiger partial charge is 0.346 e. The number of benzene rings is 2. The van der Waals surface area contributed by atoms with Crippen LogP contribution in [-0.2, 0) is 4.79 Å². The number of fused-ring (bicyclic) bond motifs is 1. The molecule has 0 spiro atoms. The van der Waals surface area contributed by atoms with Crippen molar-refractivity contribution in [3.63, 3.8) is 0 Å². The van der Waals surface area contributed by atoms with E-state index in [0.717, 1.165) is 33.3 Å². The number of H-pyrrole nitrogens is 1. The Morgan fingerprint density at radius 2 is 2.00 bits per heavy atom. The van der Waals surface area contributed by atoms with Crippen LogP contribution in [0.15, 0.2) is 66.1 Å². The maximum absolute atomic E-state index is 12.4. The fourth-order valence-electron chi connectivity index (χ4n) is 3.07. The fraction of sp³-hybridized carbons (Fsp3) is 0.190. The first-order valence-electron chi connectivity index (χ1n) is 9.08. The molecule has 2 aromatic carbocycles. The molecule has 2 N–H and O–H groups in total. The zero-order valence-corrected chi connectivity index (χ0v) is 16.5. The average molecular weight is 392 g/mol. The first-order chi connectivity index (χ1) is 13.6. The van der Waals surface area contributed by atoms with Crippen molar-refractivity contribution in [2.75, 3.05) is 5.75 Å². The van der Waals surface area contributed by atoms with Crippen LogP contribution in [0.2, 0.25) is 0 Å². The summed E-state index contributed by atoms with van der Waals surface area (Å²) in [5.74, 6) is 0.978. The first kappa shape index (κ1) is 18.3. The lowest BCUT2D eigenvalue weighted by molar-refractivity contribution is -0.119. The van der Waals surface area contributed by atoms with E-state index in [1.54, 1.807) is 6.20 Å². The Bertz CT molecular complexity index is 1080. The standard InChI is InChI=1S/C21H21N5OS/c1-14-7-3-6-10-18(14)26-12-11-22-21(26)28-13-19(27)23-15(2)20-24-16-8-4-5-9-17(16)25-20/h3-12,15H,13H2,1-2H3,(H,23,27)(H,24,25). The monoisotopic (exact) mass is 391 g/mol. The van der Waals surface area contributed by atoms with Gasteiger partial charge in [-0.05, 0) is 37.6 Å². The van der Waals surface area contributed by atoms with Crippen LogP contribution in [-0.4, -0.2) is 31.2 Å². The van der Waals surface area contributed by atoms with Gasteiger partial charge in [0.05, 0.1) is 28.5 Å². The highest BCUT2D eigenvalue weighted by atomic mass is 32.2. The molecule has 28 heavy (non-hydrogen) atoms. The summed E-state index contributed by atoms with van der Waals surface area (Å²) in [4.78, 5) is 24.6. The third-order valence-electron chi connectivity index (χ3n) is 4.51. The van der Waals surface area contributed by atoms with Crippen LogP contribution in [0.3, 0.4) is 0 Å². The number of aryl methyl sites for hydroxylation is 1. The van der Waals surface area contributed by atoms with E-state index in [2.05, 4.69) is 33.3 Å². The molecule has 4 rings (SSSR count). The summed E-state index contributed by atoms with van der Waals surface area (Å²) < 4.78 is 2.01. The first-order valence-corrected chi connectivity index (χ1v) is 10.1. The van der Waals surface area contributed by atoms with E-state index in [-0.39, 0.29) is 17.7 Å². The second-order valence-electron chi connectivity index (χ2n) is 6.58. The summed E-state index contributed by atoms with van der Waals surface area (Å²) in [7, 11) is 0. The van der Waals surface area contributed by atoms with Crippen LogP contribution in [0, 0.1) is 6.92 Å². The van der Waals surface area contributed by atoms with Gasteiger partial charge in [0.2, 0.25) is 5.91 Å². The van der Waals surface area contributed by atoms with E-state index in [4.69, 9.17) is 0 Å². The normalized spacial score (nSPS) is 12.2. The minimum Gasteiger partial charge on any atom is -0.346 e. The Morgan fingerprint density at radius 3 is 2.82 bits per heavy atom. The van der Waals surface area contributed by atoms with Gasteiger partial charge in [-0.2, -0.15) is 0 Å². The Balaban J connectivity index is 1.40. The number of aromatic amines is 1. The summed E-state index contributed by atoms with van der Waals surface area (Å²) in [6, 6.07) is 15.7. The Hall–Kier alpha value is -3.06. The van der Waals surface area contributed by atoms with Crippen molar-refractivity contribution in [1.82, 2.24) is 24.8 Å². The molecule has 142 valence electrons. The zero-order chi connectivity index (χ0) is 19.5. The summed E-state index contributed by atoms with van der Waals surface area (Å²) in [6.45, 7) is 3.99. The van der Waals surface area contributed by atoms with E-state index < -0.39 is 0 Å². The molecule has 0 aliphatic rings. The van der Waals surface area contributed by atoms with Gasteiger partial charge < -0.3 is 10.3 Å². The van der Waals surface area contributed by atoms with Crippen LogP contribution in [0.25, 0.3) is 16.7 Å². The molecule has 0 bridgehead atoms. The molecule has 0 saturated heterocycles. The number of carbonyl (C=O) groups is 1. The average Bonchev–Trinajstić information content (AvgIpc) is 3.33. The van der Waals surface area contributed by atoms with Gasteiger partial charge in [-0.1, -0.05) is 42.1 Å². The highest BCUT2D eigenvalue weighted by molar-refractivity contribution is 7.99. The molecule has 4 aromatic rings. The highest BCUT2D eigenvalue weighted by Crippen LogP contribution is 2.23. The van der Waals surface area contributed by atoms with Gasteiger partial charge in [-0.3, -0.25) is 9.36 Å². The summed E-state index contributed by atoms with van der Waals surface area (Å²) in [5.41, 5.74) is 4.09. The van der Waals surface area contributed by atoms with E-state index in [1.165, 1.54) is 11.8 Å². The molecule has 0 fully saturated rings. The summed E-state index contributed by atoms with van der Waals surface area (Å²) >= 11 is 1.42. The number of nitrogens with zero attached hydrogens (tertiary/aromatic N) is 3. The molecule has 7 heteroatoms. The number of thioether (sulfide) groups is 1. The van der Waals surface area contributed by atoms with Gasteiger partial charge >= 0.3 is 0 Å². The number of hydrogen-bond donors (Lipinski definition) is 2. The molecule has 0 radical (unpaired) electrons. The fourth-order valence-corrected chi connectivity index (χ4v) is 3.85. The van der Waals surface area contributed by atoms with Crippen molar-refractivity contribution < 1.29 is 4.79 Å². The number of nitrogens with one attached hydrogen (secondary N) is 2. The van der Waals surface area contributed by atoms with Crippen molar-refractivity contribution in [2.45, 2.75) is 25.0 Å². The Morgan fingerprint density at radius 1 is 1.21 bits per heavy atom. The van der Waals surface area contributed by atoms with Gasteiger partial charge in [0.15, 0.2) is 5.16 Å². The van der Waals surface area contributed by atoms with Crippen LogP contribution in [0.1, 0.15) is 24.4 Å². The van der Waals surface area contributed by atoms with Crippen LogP contribution < -0.4 is 5.32 Å². The van der Waals surface area contributed by atoms with Gasteiger partial charge in [-0.25, -0.2) is 9.97 Å². The third-order valence-corrected chi connectivity index (χ3v) is 5.48. The number of hydrogen-bond acceptors (Lipinski definition) is 4. The zero-order valence-electron chi connectivity index (χ0n) is 15.7. The maximum atomic E-state index is 12.4. The highest BCUT2D eigenvalue weighted by Gasteiger charge is 2.15. The Kier molecular flexibility index (Phi) is 5.16. The second kappa shape index (κ2) is 7.90. The smallest absolute Gasteiger partial charge is 0.231 e.